The molecule has 2 aliphatic rings. The SMILES string of the molecule is C/C=C(\Oc1ccc(C2CC2)cc1)C(=O)Nc1cnn(CCOC2CCCCO2)c1. The van der Waals surface area contributed by atoms with Crippen molar-refractivity contribution in [1.82, 2.24) is 9.78 Å². The van der Waals surface area contributed by atoms with E-state index >= 15 is 0 Å². The van der Waals surface area contributed by atoms with E-state index in [0.29, 0.717) is 30.5 Å². The maximum atomic E-state index is 12.6. The van der Waals surface area contributed by atoms with Crippen LogP contribution in [0.3, 0.4) is 0 Å². The Morgan fingerprint density at radius 1 is 1.27 bits per heavy atom. The molecule has 0 spiro atoms. The van der Waals surface area contributed by atoms with Crippen molar-refractivity contribution in [3.8, 4) is 5.75 Å². The molecule has 7 nitrogen and oxygen atoms in total. The Kier molecular flexibility index (Phi) is 6.81. The standard InChI is InChI=1S/C23H29N3O4/c1-2-21(30-20-10-8-18(9-11-20)17-6-7-17)23(27)25-19-15-24-26(16-19)12-14-29-22-5-3-4-13-28-22/h2,8-11,15-17,22H,3-7,12-14H2,1H3,(H,25,27)/b21-2-. The van der Waals surface area contributed by atoms with E-state index in [4.69, 9.17) is 14.2 Å². The minimum Gasteiger partial charge on any atom is -0.452 e. The third-order valence-electron chi connectivity index (χ3n) is 5.30. The summed E-state index contributed by atoms with van der Waals surface area (Å²) in [5.74, 6) is 1.29. The normalized spacial score (nSPS) is 19.5. The van der Waals surface area contributed by atoms with Crippen molar-refractivity contribution in [2.75, 3.05) is 18.5 Å². The molecule has 1 saturated heterocycles. The average molecular weight is 412 g/mol. The number of ether oxygens (including phenoxy) is 3. The Morgan fingerprint density at radius 2 is 2.10 bits per heavy atom. The Labute approximate surface area is 177 Å². The molecule has 4 rings (SSSR count). The molecule has 1 atom stereocenters. The predicted molar refractivity (Wildman–Crippen MR) is 113 cm³/mol. The summed E-state index contributed by atoms with van der Waals surface area (Å²) in [6.45, 7) is 3.65. The topological polar surface area (TPSA) is 74.6 Å². The second-order valence-electron chi connectivity index (χ2n) is 7.71. The monoisotopic (exact) mass is 411 g/mol. The molecule has 1 aromatic heterocycles. The Bertz CT molecular complexity index is 865. The molecule has 1 N–H and O–H groups in total. The van der Waals surface area contributed by atoms with Crippen LogP contribution >= 0.6 is 0 Å². The number of rotatable bonds is 9. The van der Waals surface area contributed by atoms with Gasteiger partial charge >= 0.3 is 0 Å². The van der Waals surface area contributed by atoms with Gasteiger partial charge < -0.3 is 19.5 Å². The van der Waals surface area contributed by atoms with Crippen LogP contribution in [0.1, 0.15) is 50.5 Å². The smallest absolute Gasteiger partial charge is 0.291 e. The third-order valence-corrected chi connectivity index (χ3v) is 5.30. The minimum absolute atomic E-state index is 0.110. The van der Waals surface area contributed by atoms with Gasteiger partial charge in [-0.2, -0.15) is 5.10 Å². The van der Waals surface area contributed by atoms with Gasteiger partial charge in [0.2, 0.25) is 0 Å². The van der Waals surface area contributed by atoms with Gasteiger partial charge in [-0.25, -0.2) is 0 Å². The van der Waals surface area contributed by atoms with Crippen LogP contribution in [0.25, 0.3) is 0 Å². The lowest BCUT2D eigenvalue weighted by molar-refractivity contribution is -0.163. The molecule has 1 saturated carbocycles. The van der Waals surface area contributed by atoms with Gasteiger partial charge in [0.15, 0.2) is 12.0 Å². The van der Waals surface area contributed by atoms with Crippen molar-refractivity contribution >= 4 is 11.6 Å². The van der Waals surface area contributed by atoms with Crippen molar-refractivity contribution < 1.29 is 19.0 Å². The quantitative estimate of drug-likeness (QED) is 0.494. The van der Waals surface area contributed by atoms with Crippen LogP contribution in [-0.4, -0.2) is 35.2 Å². The first kappa shape index (κ1) is 20.6. The van der Waals surface area contributed by atoms with Crippen LogP contribution in [0.2, 0.25) is 0 Å². The van der Waals surface area contributed by atoms with E-state index in [1.165, 1.54) is 18.4 Å². The first-order valence-electron chi connectivity index (χ1n) is 10.7. The van der Waals surface area contributed by atoms with Crippen molar-refractivity contribution in [2.24, 2.45) is 0 Å². The zero-order valence-electron chi connectivity index (χ0n) is 17.4. The molecule has 30 heavy (non-hydrogen) atoms. The minimum atomic E-state index is -0.310. The highest BCUT2D eigenvalue weighted by Gasteiger charge is 2.23. The van der Waals surface area contributed by atoms with Crippen LogP contribution in [0.4, 0.5) is 5.69 Å². The summed E-state index contributed by atoms with van der Waals surface area (Å²) in [6, 6.07) is 7.97. The number of nitrogens with zero attached hydrogens (tertiary/aromatic N) is 2. The lowest BCUT2D eigenvalue weighted by Crippen LogP contribution is -2.24. The lowest BCUT2D eigenvalue weighted by Gasteiger charge is -2.22. The van der Waals surface area contributed by atoms with E-state index in [2.05, 4.69) is 22.5 Å². The number of aromatic nitrogens is 2. The molecule has 0 radical (unpaired) electrons. The van der Waals surface area contributed by atoms with Crippen molar-refractivity contribution in [3.05, 3.63) is 54.1 Å². The number of allylic oxidation sites excluding steroid dienone is 1. The molecule has 1 aromatic carbocycles. The summed E-state index contributed by atoms with van der Waals surface area (Å²) < 4.78 is 18.8. The molecule has 2 aromatic rings. The number of anilines is 1. The van der Waals surface area contributed by atoms with Crippen LogP contribution < -0.4 is 10.1 Å². The number of carbonyl (C=O) groups is 1. The molecule has 1 aliphatic carbocycles. The van der Waals surface area contributed by atoms with E-state index in [1.807, 2.05) is 12.1 Å². The average Bonchev–Trinajstić information content (AvgIpc) is 3.53. The largest absolute Gasteiger partial charge is 0.452 e. The van der Waals surface area contributed by atoms with Gasteiger partial charge in [0.05, 0.1) is 25.0 Å². The molecule has 1 unspecified atom stereocenters. The van der Waals surface area contributed by atoms with Gasteiger partial charge in [-0.3, -0.25) is 9.48 Å². The summed E-state index contributed by atoms with van der Waals surface area (Å²) in [6.07, 6.45) is 10.7. The molecule has 0 bridgehead atoms. The van der Waals surface area contributed by atoms with Gasteiger partial charge in [-0.15, -0.1) is 0 Å². The van der Waals surface area contributed by atoms with Gasteiger partial charge in [-0.05, 0) is 68.7 Å². The fourth-order valence-corrected chi connectivity index (χ4v) is 3.45. The van der Waals surface area contributed by atoms with Crippen molar-refractivity contribution in [3.63, 3.8) is 0 Å². The number of carbonyl (C=O) groups excluding carboxylic acids is 1. The highest BCUT2D eigenvalue weighted by Crippen LogP contribution is 2.40. The van der Waals surface area contributed by atoms with Crippen LogP contribution in [0, 0.1) is 0 Å². The molecule has 7 heteroatoms. The molecular formula is C23H29N3O4. The van der Waals surface area contributed by atoms with E-state index in [-0.39, 0.29) is 18.0 Å². The summed E-state index contributed by atoms with van der Waals surface area (Å²) in [7, 11) is 0. The summed E-state index contributed by atoms with van der Waals surface area (Å²) in [5.41, 5.74) is 1.95. The van der Waals surface area contributed by atoms with Crippen LogP contribution in [-0.2, 0) is 20.8 Å². The summed E-state index contributed by atoms with van der Waals surface area (Å²) in [4.78, 5) is 12.6. The Morgan fingerprint density at radius 3 is 2.80 bits per heavy atom. The highest BCUT2D eigenvalue weighted by molar-refractivity contribution is 6.02. The molecule has 1 amide bonds. The maximum Gasteiger partial charge on any atom is 0.291 e. The zero-order valence-corrected chi connectivity index (χ0v) is 17.4. The number of amides is 1. The van der Waals surface area contributed by atoms with Crippen molar-refractivity contribution in [1.29, 1.82) is 0 Å². The third kappa shape index (κ3) is 5.70. The number of hydrogen-bond acceptors (Lipinski definition) is 5. The van der Waals surface area contributed by atoms with E-state index in [9.17, 15) is 4.79 Å². The first-order chi connectivity index (χ1) is 14.7. The highest BCUT2D eigenvalue weighted by atomic mass is 16.7. The van der Waals surface area contributed by atoms with Crippen LogP contribution in [0.5, 0.6) is 5.75 Å². The van der Waals surface area contributed by atoms with Crippen molar-refractivity contribution in [2.45, 2.75) is 57.8 Å². The maximum absolute atomic E-state index is 12.6. The molecule has 2 fully saturated rings. The van der Waals surface area contributed by atoms with Gasteiger partial charge in [0.25, 0.3) is 5.91 Å². The molecule has 2 heterocycles. The zero-order chi connectivity index (χ0) is 20.8. The lowest BCUT2D eigenvalue weighted by atomic mass is 10.1. The van der Waals surface area contributed by atoms with Gasteiger partial charge in [-0.1, -0.05) is 12.1 Å². The number of benzene rings is 1. The van der Waals surface area contributed by atoms with E-state index in [1.54, 1.807) is 30.1 Å². The summed E-state index contributed by atoms with van der Waals surface area (Å²) in [5, 5.41) is 7.11. The second kappa shape index (κ2) is 9.91. The fraction of sp³-hybridized carbons (Fsp3) is 0.478. The van der Waals surface area contributed by atoms with E-state index in [0.717, 1.165) is 25.9 Å². The van der Waals surface area contributed by atoms with Gasteiger partial charge in [0, 0.05) is 12.8 Å². The molecule has 160 valence electrons. The van der Waals surface area contributed by atoms with Crippen LogP contribution in [0.15, 0.2) is 48.5 Å². The first-order valence-corrected chi connectivity index (χ1v) is 10.7. The Hall–Kier alpha value is -2.64. The Balaban J connectivity index is 1.24. The van der Waals surface area contributed by atoms with E-state index < -0.39 is 0 Å². The number of nitrogens with one attached hydrogen (secondary N) is 1. The predicted octanol–water partition coefficient (Wildman–Crippen LogP) is 4.23. The van der Waals surface area contributed by atoms with Gasteiger partial charge in [0.1, 0.15) is 5.75 Å². The number of hydrogen-bond donors (Lipinski definition) is 1. The second-order valence-corrected chi connectivity index (χ2v) is 7.71. The summed E-state index contributed by atoms with van der Waals surface area (Å²) >= 11 is 0. The molecule has 1 aliphatic heterocycles. The fourth-order valence-electron chi connectivity index (χ4n) is 3.45. The molecular weight excluding hydrogens is 382 g/mol.